The number of halogens is 2. The lowest BCUT2D eigenvalue weighted by Crippen LogP contribution is -2.40. The maximum atomic E-state index is 13.0. The average molecular weight is 471 g/mol. The van der Waals surface area contributed by atoms with E-state index in [1.54, 1.807) is 6.07 Å². The molecule has 0 unspecified atom stereocenters. The van der Waals surface area contributed by atoms with E-state index >= 15 is 0 Å². The number of hydrogen-bond donors (Lipinski definition) is 1. The number of amides is 1. The normalized spacial score (nSPS) is 15.8. The zero-order valence-electron chi connectivity index (χ0n) is 17.0. The minimum Gasteiger partial charge on any atom is -0.379 e. The van der Waals surface area contributed by atoms with Gasteiger partial charge < -0.3 is 10.1 Å². The number of nitrogens with zero attached hydrogens (tertiary/aromatic N) is 1. The van der Waals surface area contributed by atoms with Crippen molar-refractivity contribution < 1.29 is 17.9 Å². The van der Waals surface area contributed by atoms with Crippen LogP contribution in [0.25, 0.3) is 0 Å². The molecule has 0 atom stereocenters. The van der Waals surface area contributed by atoms with Crippen molar-refractivity contribution in [3.8, 4) is 0 Å². The van der Waals surface area contributed by atoms with Gasteiger partial charge in [0.15, 0.2) is 0 Å². The van der Waals surface area contributed by atoms with Crippen LogP contribution < -0.4 is 5.32 Å². The Morgan fingerprint density at radius 2 is 1.70 bits per heavy atom. The SMILES string of the molecule is CC(C)(C)c1ccccc1NC(=O)c1cc(S(=O)(=O)N2CCOCC2)c(Cl)cc1Cl. The Kier molecular flexibility index (Phi) is 6.79. The third-order valence-electron chi connectivity index (χ3n) is 4.84. The van der Waals surface area contributed by atoms with Gasteiger partial charge in [0.1, 0.15) is 4.90 Å². The molecule has 6 nitrogen and oxygen atoms in total. The zero-order valence-corrected chi connectivity index (χ0v) is 19.4. The third-order valence-corrected chi connectivity index (χ3v) is 7.51. The molecule has 1 fully saturated rings. The number of carbonyl (C=O) groups excluding carboxylic acids is 1. The van der Waals surface area contributed by atoms with Crippen LogP contribution in [0.2, 0.25) is 10.0 Å². The smallest absolute Gasteiger partial charge is 0.257 e. The van der Waals surface area contributed by atoms with Gasteiger partial charge in [0.25, 0.3) is 5.91 Å². The zero-order chi connectivity index (χ0) is 22.1. The van der Waals surface area contributed by atoms with Crippen molar-refractivity contribution in [2.45, 2.75) is 31.1 Å². The van der Waals surface area contributed by atoms with Crippen LogP contribution >= 0.6 is 23.2 Å². The highest BCUT2D eigenvalue weighted by atomic mass is 35.5. The molecule has 1 aliphatic rings. The quantitative estimate of drug-likeness (QED) is 0.709. The molecule has 3 rings (SSSR count). The van der Waals surface area contributed by atoms with Gasteiger partial charge in [-0.25, -0.2) is 8.42 Å². The highest BCUT2D eigenvalue weighted by Gasteiger charge is 2.30. The van der Waals surface area contributed by atoms with Crippen molar-refractivity contribution in [3.05, 3.63) is 57.6 Å². The molecule has 9 heteroatoms. The summed E-state index contributed by atoms with van der Waals surface area (Å²) < 4.78 is 32.6. The second-order valence-electron chi connectivity index (χ2n) is 8.03. The number of hydrogen-bond acceptors (Lipinski definition) is 4. The van der Waals surface area contributed by atoms with E-state index in [1.165, 1.54) is 16.4 Å². The highest BCUT2D eigenvalue weighted by Crippen LogP contribution is 2.33. The van der Waals surface area contributed by atoms with E-state index in [1.807, 2.05) is 39.0 Å². The largest absolute Gasteiger partial charge is 0.379 e. The fourth-order valence-corrected chi connectivity index (χ4v) is 5.50. The van der Waals surface area contributed by atoms with Crippen LogP contribution in [-0.4, -0.2) is 44.9 Å². The molecule has 1 N–H and O–H groups in total. The Bertz CT molecular complexity index is 1060. The van der Waals surface area contributed by atoms with Crippen molar-refractivity contribution in [2.24, 2.45) is 0 Å². The predicted molar refractivity (Wildman–Crippen MR) is 119 cm³/mol. The van der Waals surface area contributed by atoms with E-state index < -0.39 is 15.9 Å². The van der Waals surface area contributed by atoms with Gasteiger partial charge >= 0.3 is 0 Å². The minimum atomic E-state index is -3.89. The Hall–Kier alpha value is -1.64. The van der Waals surface area contributed by atoms with Crippen LogP contribution in [0, 0.1) is 0 Å². The Morgan fingerprint density at radius 3 is 2.33 bits per heavy atom. The molecule has 2 aromatic rings. The van der Waals surface area contributed by atoms with Crippen molar-refractivity contribution in [2.75, 3.05) is 31.6 Å². The van der Waals surface area contributed by atoms with E-state index in [2.05, 4.69) is 5.32 Å². The van der Waals surface area contributed by atoms with Gasteiger partial charge in [-0.15, -0.1) is 0 Å². The molecule has 30 heavy (non-hydrogen) atoms. The summed E-state index contributed by atoms with van der Waals surface area (Å²) in [6.45, 7) is 7.19. The summed E-state index contributed by atoms with van der Waals surface area (Å²) >= 11 is 12.5. The van der Waals surface area contributed by atoms with Crippen LogP contribution in [0.3, 0.4) is 0 Å². The van der Waals surface area contributed by atoms with Gasteiger partial charge in [-0.1, -0.05) is 62.2 Å². The Balaban J connectivity index is 1.98. The number of para-hydroxylation sites is 1. The van der Waals surface area contributed by atoms with E-state index in [0.717, 1.165) is 5.56 Å². The van der Waals surface area contributed by atoms with E-state index in [0.29, 0.717) is 18.9 Å². The number of carbonyl (C=O) groups is 1. The molecule has 0 aliphatic carbocycles. The van der Waals surface area contributed by atoms with E-state index in [4.69, 9.17) is 27.9 Å². The number of morpholine rings is 1. The fourth-order valence-electron chi connectivity index (χ4n) is 3.26. The molecular weight excluding hydrogens is 447 g/mol. The molecular formula is C21H24Cl2N2O4S. The number of anilines is 1. The molecule has 1 heterocycles. The lowest BCUT2D eigenvalue weighted by molar-refractivity contribution is 0.0730. The first-order valence-corrected chi connectivity index (χ1v) is 11.7. The van der Waals surface area contributed by atoms with Gasteiger partial charge in [-0.3, -0.25) is 4.79 Å². The van der Waals surface area contributed by atoms with Crippen LogP contribution in [0.5, 0.6) is 0 Å². The molecule has 0 aromatic heterocycles. The second kappa shape index (κ2) is 8.85. The first-order chi connectivity index (χ1) is 14.0. The average Bonchev–Trinajstić information content (AvgIpc) is 2.68. The summed E-state index contributed by atoms with van der Waals surface area (Å²) in [5.74, 6) is -0.508. The van der Waals surface area contributed by atoms with Gasteiger partial charge in [-0.05, 0) is 29.2 Å². The van der Waals surface area contributed by atoms with Crippen molar-refractivity contribution in [3.63, 3.8) is 0 Å². The van der Waals surface area contributed by atoms with E-state index in [-0.39, 0.29) is 39.0 Å². The molecule has 0 radical (unpaired) electrons. The molecule has 162 valence electrons. The summed E-state index contributed by atoms with van der Waals surface area (Å²) in [7, 11) is -3.89. The molecule has 0 spiro atoms. The van der Waals surface area contributed by atoms with Gasteiger partial charge in [-0.2, -0.15) is 4.31 Å². The molecule has 1 amide bonds. The number of benzene rings is 2. The fraction of sp³-hybridized carbons (Fsp3) is 0.381. The topological polar surface area (TPSA) is 75.7 Å². The highest BCUT2D eigenvalue weighted by molar-refractivity contribution is 7.89. The standard InChI is InChI=1S/C21H24Cl2N2O4S/c1-21(2,3)15-6-4-5-7-18(15)24-20(26)14-12-19(17(23)13-16(14)22)30(27,28)25-8-10-29-11-9-25/h4-7,12-13H,8-11H2,1-3H3,(H,24,26). The Labute approximate surface area is 187 Å². The number of sulfonamides is 1. The summed E-state index contributed by atoms with van der Waals surface area (Å²) in [5.41, 5.74) is 1.43. The number of ether oxygens (including phenoxy) is 1. The summed E-state index contributed by atoms with van der Waals surface area (Å²) in [5, 5.41) is 2.90. The predicted octanol–water partition coefficient (Wildman–Crippen LogP) is 4.56. The first-order valence-electron chi connectivity index (χ1n) is 9.49. The number of rotatable bonds is 4. The summed E-state index contributed by atoms with van der Waals surface area (Å²) in [6.07, 6.45) is 0. The van der Waals surface area contributed by atoms with Crippen LogP contribution in [0.4, 0.5) is 5.69 Å². The Morgan fingerprint density at radius 1 is 1.07 bits per heavy atom. The third kappa shape index (κ3) is 4.81. The summed E-state index contributed by atoms with van der Waals surface area (Å²) in [4.78, 5) is 12.9. The number of nitrogens with one attached hydrogen (secondary N) is 1. The van der Waals surface area contributed by atoms with Crippen molar-refractivity contribution in [1.82, 2.24) is 4.31 Å². The lowest BCUT2D eigenvalue weighted by Gasteiger charge is -2.26. The molecule has 1 saturated heterocycles. The molecule has 0 saturated carbocycles. The maximum Gasteiger partial charge on any atom is 0.257 e. The monoisotopic (exact) mass is 470 g/mol. The summed E-state index contributed by atoms with van der Waals surface area (Å²) in [6, 6.07) is 9.99. The molecule has 2 aromatic carbocycles. The lowest BCUT2D eigenvalue weighted by atomic mass is 9.86. The van der Waals surface area contributed by atoms with Crippen molar-refractivity contribution >= 4 is 44.8 Å². The van der Waals surface area contributed by atoms with Crippen LogP contribution in [0.1, 0.15) is 36.7 Å². The molecule has 0 bridgehead atoms. The van der Waals surface area contributed by atoms with Crippen molar-refractivity contribution in [1.29, 1.82) is 0 Å². The van der Waals surface area contributed by atoms with Crippen LogP contribution in [-0.2, 0) is 20.2 Å². The second-order valence-corrected chi connectivity index (χ2v) is 10.7. The van der Waals surface area contributed by atoms with Gasteiger partial charge in [0, 0.05) is 18.8 Å². The molecule has 1 aliphatic heterocycles. The van der Waals surface area contributed by atoms with Gasteiger partial charge in [0.05, 0.1) is 28.8 Å². The van der Waals surface area contributed by atoms with E-state index in [9.17, 15) is 13.2 Å². The minimum absolute atomic E-state index is 0.0295. The maximum absolute atomic E-state index is 13.0. The van der Waals surface area contributed by atoms with Gasteiger partial charge in [0.2, 0.25) is 10.0 Å². The van der Waals surface area contributed by atoms with Crippen LogP contribution in [0.15, 0.2) is 41.3 Å². The first kappa shape index (κ1) is 23.0.